The summed E-state index contributed by atoms with van der Waals surface area (Å²) in [5.74, 6) is -0.258. The van der Waals surface area contributed by atoms with E-state index in [0.717, 1.165) is 21.9 Å². The summed E-state index contributed by atoms with van der Waals surface area (Å²) in [4.78, 5) is 31.8. The zero-order valence-corrected chi connectivity index (χ0v) is 16.0. The van der Waals surface area contributed by atoms with Crippen LogP contribution in [0.15, 0.2) is 85.1 Å². The summed E-state index contributed by atoms with van der Waals surface area (Å²) in [5.41, 5.74) is 4.46. The van der Waals surface area contributed by atoms with E-state index in [-0.39, 0.29) is 11.6 Å². The van der Waals surface area contributed by atoms with Crippen LogP contribution in [0.2, 0.25) is 0 Å². The molecule has 142 valence electrons. The van der Waals surface area contributed by atoms with E-state index in [2.05, 4.69) is 4.98 Å². The van der Waals surface area contributed by atoms with Crippen LogP contribution in [0.4, 0.5) is 0 Å². The molecule has 0 radical (unpaired) electrons. The van der Waals surface area contributed by atoms with Crippen LogP contribution >= 0.6 is 0 Å². The number of carbonyl (C=O) groups excluding carboxylic acids is 2. The van der Waals surface area contributed by atoms with E-state index in [4.69, 9.17) is 0 Å². The number of benzene rings is 3. The Morgan fingerprint density at radius 3 is 2.23 bits per heavy atom. The lowest BCUT2D eigenvalue weighted by Crippen LogP contribution is -2.24. The van der Waals surface area contributed by atoms with Crippen LogP contribution < -0.4 is 0 Å². The van der Waals surface area contributed by atoms with Crippen LogP contribution in [0, 0.1) is 0 Å². The van der Waals surface area contributed by atoms with Crippen molar-refractivity contribution in [3.63, 3.8) is 0 Å². The second-order valence-corrected chi connectivity index (χ2v) is 7.53. The number of carbonyl (C=O) groups is 2. The molecule has 0 aliphatic heterocycles. The monoisotopic (exact) mass is 388 g/mol. The Hall–Kier alpha value is -4.05. The predicted molar refractivity (Wildman–Crippen MR) is 116 cm³/mol. The number of rotatable bonds is 2. The molecular formula is C26H16N2O2. The summed E-state index contributed by atoms with van der Waals surface area (Å²) < 4.78 is 1.98. The maximum atomic E-state index is 13.8. The van der Waals surface area contributed by atoms with Crippen molar-refractivity contribution in [1.29, 1.82) is 0 Å². The minimum atomic E-state index is -0.138. The Morgan fingerprint density at radius 2 is 1.40 bits per heavy atom. The van der Waals surface area contributed by atoms with Crippen LogP contribution in [0.3, 0.4) is 0 Å². The summed E-state index contributed by atoms with van der Waals surface area (Å²) in [6, 6.07) is 25.2. The number of aromatic nitrogens is 2. The van der Waals surface area contributed by atoms with Crippen molar-refractivity contribution < 1.29 is 9.59 Å². The van der Waals surface area contributed by atoms with Gasteiger partial charge in [0.15, 0.2) is 5.78 Å². The Bertz CT molecular complexity index is 1500. The number of pyridine rings is 1. The molecule has 0 spiro atoms. The molecule has 0 atom stereocenters. The fourth-order valence-corrected chi connectivity index (χ4v) is 4.51. The predicted octanol–water partition coefficient (Wildman–Crippen LogP) is 5.01. The molecule has 0 N–H and O–H groups in total. The lowest BCUT2D eigenvalue weighted by molar-refractivity contribution is 0.0975. The van der Waals surface area contributed by atoms with Gasteiger partial charge in [0.05, 0.1) is 16.6 Å². The molecule has 0 bridgehead atoms. The molecule has 5 aromatic rings. The van der Waals surface area contributed by atoms with Gasteiger partial charge < -0.3 is 4.57 Å². The Labute approximate surface area is 172 Å². The van der Waals surface area contributed by atoms with Crippen molar-refractivity contribution in [2.75, 3.05) is 0 Å². The normalized spacial score (nSPS) is 12.9. The Balaban J connectivity index is 1.68. The summed E-state index contributed by atoms with van der Waals surface area (Å²) in [5, 5.41) is 1.52. The largest absolute Gasteiger partial charge is 0.333 e. The Kier molecular flexibility index (Phi) is 3.50. The fourth-order valence-electron chi connectivity index (χ4n) is 4.51. The lowest BCUT2D eigenvalue weighted by Gasteiger charge is -2.19. The van der Waals surface area contributed by atoms with Crippen molar-refractivity contribution >= 4 is 33.4 Å². The maximum Gasteiger partial charge on any atom is 0.211 e. The molecule has 0 saturated heterocycles. The highest BCUT2D eigenvalue weighted by atomic mass is 16.1. The van der Waals surface area contributed by atoms with Crippen LogP contribution in [-0.4, -0.2) is 21.1 Å². The van der Waals surface area contributed by atoms with Crippen molar-refractivity contribution in [2.24, 2.45) is 0 Å². The van der Waals surface area contributed by atoms with Crippen LogP contribution in [0.1, 0.15) is 37.5 Å². The van der Waals surface area contributed by atoms with E-state index in [9.17, 15) is 9.59 Å². The first-order valence-electron chi connectivity index (χ1n) is 9.86. The first-order chi connectivity index (χ1) is 14.7. The number of fused-ring (bicyclic) bond motifs is 6. The van der Waals surface area contributed by atoms with E-state index in [1.807, 2.05) is 83.4 Å². The first kappa shape index (κ1) is 16.9. The summed E-state index contributed by atoms with van der Waals surface area (Å²) in [7, 11) is 0. The number of ketones is 2. The molecule has 0 unspecified atom stereocenters. The minimum Gasteiger partial charge on any atom is -0.333 e. The van der Waals surface area contributed by atoms with Gasteiger partial charge in [-0.1, -0.05) is 66.7 Å². The van der Waals surface area contributed by atoms with Crippen molar-refractivity contribution in [3.05, 3.63) is 113 Å². The Morgan fingerprint density at radius 1 is 0.700 bits per heavy atom. The standard InChI is InChI=1S/C26H16N2O2/c29-25-19-14-27-20-12-6-4-10-17(20)22(19)26(30)24-23(25)18-11-5-7-13-21(18)28(24)15-16-8-2-1-3-9-16/h1-14H,15H2. The molecule has 0 saturated carbocycles. The highest BCUT2D eigenvalue weighted by molar-refractivity contribution is 6.34. The van der Waals surface area contributed by atoms with Gasteiger partial charge in [0.25, 0.3) is 0 Å². The minimum absolute atomic E-state index is 0.120. The van der Waals surface area contributed by atoms with Gasteiger partial charge in [0.2, 0.25) is 5.78 Å². The van der Waals surface area contributed by atoms with Crippen LogP contribution in [0.25, 0.3) is 21.8 Å². The van der Waals surface area contributed by atoms with E-state index in [1.54, 1.807) is 6.20 Å². The van der Waals surface area contributed by atoms with Crippen LogP contribution in [-0.2, 0) is 6.54 Å². The molecule has 4 nitrogen and oxygen atoms in total. The number of hydrogen-bond acceptors (Lipinski definition) is 3. The average Bonchev–Trinajstić information content (AvgIpc) is 3.12. The van der Waals surface area contributed by atoms with E-state index < -0.39 is 0 Å². The molecule has 6 rings (SSSR count). The van der Waals surface area contributed by atoms with Gasteiger partial charge in [-0.3, -0.25) is 14.6 Å². The molecule has 2 heterocycles. The summed E-state index contributed by atoms with van der Waals surface area (Å²) in [6.07, 6.45) is 1.55. The van der Waals surface area contributed by atoms with E-state index in [0.29, 0.717) is 34.4 Å². The number of hydrogen-bond donors (Lipinski definition) is 0. The van der Waals surface area contributed by atoms with Gasteiger partial charge in [0, 0.05) is 34.6 Å². The SMILES string of the molecule is O=C1c2cnc3ccccc3c2C(=O)c2c1c1ccccc1n2Cc1ccccc1. The molecule has 4 heteroatoms. The molecule has 0 amide bonds. The van der Waals surface area contributed by atoms with Crippen molar-refractivity contribution in [2.45, 2.75) is 6.54 Å². The third-order valence-electron chi connectivity index (χ3n) is 5.84. The van der Waals surface area contributed by atoms with E-state index in [1.165, 1.54) is 0 Å². The lowest BCUT2D eigenvalue weighted by atomic mass is 9.85. The van der Waals surface area contributed by atoms with Gasteiger partial charge in [0.1, 0.15) is 5.69 Å². The van der Waals surface area contributed by atoms with Gasteiger partial charge in [-0.25, -0.2) is 0 Å². The van der Waals surface area contributed by atoms with Gasteiger partial charge in [-0.2, -0.15) is 0 Å². The second-order valence-electron chi connectivity index (χ2n) is 7.53. The quantitative estimate of drug-likeness (QED) is 0.419. The fraction of sp³-hybridized carbons (Fsp3) is 0.0385. The van der Waals surface area contributed by atoms with Crippen LogP contribution in [0.5, 0.6) is 0 Å². The highest BCUT2D eigenvalue weighted by Gasteiger charge is 2.36. The highest BCUT2D eigenvalue weighted by Crippen LogP contribution is 2.37. The molecule has 1 aliphatic carbocycles. The zero-order valence-electron chi connectivity index (χ0n) is 16.0. The second kappa shape index (κ2) is 6.22. The van der Waals surface area contributed by atoms with Gasteiger partial charge in [-0.05, 0) is 17.7 Å². The molecule has 2 aromatic heterocycles. The topological polar surface area (TPSA) is 52.0 Å². The van der Waals surface area contributed by atoms with Crippen molar-refractivity contribution in [1.82, 2.24) is 9.55 Å². The zero-order chi connectivity index (χ0) is 20.2. The van der Waals surface area contributed by atoms with Gasteiger partial charge >= 0.3 is 0 Å². The third-order valence-corrected chi connectivity index (χ3v) is 5.84. The smallest absolute Gasteiger partial charge is 0.211 e. The molecule has 0 fully saturated rings. The molecule has 1 aliphatic rings. The summed E-state index contributed by atoms with van der Waals surface area (Å²) >= 11 is 0. The van der Waals surface area contributed by atoms with Crippen molar-refractivity contribution in [3.8, 4) is 0 Å². The average molecular weight is 388 g/mol. The molecule has 3 aromatic carbocycles. The number of para-hydroxylation sites is 2. The third kappa shape index (κ3) is 2.25. The van der Waals surface area contributed by atoms with E-state index >= 15 is 0 Å². The molecular weight excluding hydrogens is 372 g/mol. The maximum absolute atomic E-state index is 13.8. The molecule has 30 heavy (non-hydrogen) atoms. The number of nitrogens with zero attached hydrogens (tertiary/aromatic N) is 2. The first-order valence-corrected chi connectivity index (χ1v) is 9.86. The van der Waals surface area contributed by atoms with Gasteiger partial charge in [-0.15, -0.1) is 0 Å². The summed E-state index contributed by atoms with van der Waals surface area (Å²) in [6.45, 7) is 0.522.